The van der Waals surface area contributed by atoms with E-state index in [2.05, 4.69) is 126 Å². The summed E-state index contributed by atoms with van der Waals surface area (Å²) >= 11 is 7.36. The smallest absolute Gasteiger partial charge is 0.0712 e. The maximum Gasteiger partial charge on any atom is 0.0712 e. The van der Waals surface area contributed by atoms with Crippen LogP contribution in [0, 0.1) is 5.92 Å². The second-order valence-corrected chi connectivity index (χ2v) is 10.6. The van der Waals surface area contributed by atoms with Crippen molar-refractivity contribution < 1.29 is 0 Å². The molecule has 0 saturated heterocycles. The fourth-order valence-electron chi connectivity index (χ4n) is 4.52. The van der Waals surface area contributed by atoms with E-state index in [9.17, 15) is 0 Å². The average Bonchev–Trinajstić information content (AvgIpc) is 2.87. The second-order valence-electron chi connectivity index (χ2n) is 8.79. The molecule has 3 heteroatoms. The maximum absolute atomic E-state index is 3.68. The fraction of sp³-hybridized carbons (Fsp3) is 0.360. The lowest BCUT2D eigenvalue weighted by Gasteiger charge is -2.40. The van der Waals surface area contributed by atoms with Gasteiger partial charge >= 0.3 is 0 Å². The first-order valence-electron chi connectivity index (χ1n) is 10.0. The predicted octanol–water partition coefficient (Wildman–Crippen LogP) is 8.48. The first-order valence-corrected chi connectivity index (χ1v) is 11.6. The lowest BCUT2D eigenvalue weighted by Crippen LogP contribution is -2.42. The zero-order valence-corrected chi connectivity index (χ0v) is 20.3. The highest BCUT2D eigenvalue weighted by molar-refractivity contribution is 9.11. The molecule has 2 aromatic rings. The molecule has 1 heterocycles. The molecule has 1 nitrogen and oxygen atoms in total. The third-order valence-corrected chi connectivity index (χ3v) is 7.07. The highest BCUT2D eigenvalue weighted by atomic mass is 79.9. The summed E-state index contributed by atoms with van der Waals surface area (Å²) in [5.41, 5.74) is 6.68. The Labute approximate surface area is 185 Å². The molecule has 0 N–H and O–H groups in total. The Morgan fingerprint density at radius 2 is 1.61 bits per heavy atom. The number of halogens is 2. The third-order valence-electron chi connectivity index (χ3n) is 6.15. The second kappa shape index (κ2) is 7.18. The van der Waals surface area contributed by atoms with Crippen molar-refractivity contribution >= 4 is 43.2 Å². The number of anilines is 2. The van der Waals surface area contributed by atoms with Crippen LogP contribution in [-0.4, -0.2) is 5.54 Å². The molecule has 0 fully saturated rings. The van der Waals surface area contributed by atoms with E-state index in [0.717, 1.165) is 8.95 Å². The molecule has 1 aliphatic carbocycles. The van der Waals surface area contributed by atoms with Gasteiger partial charge in [-0.2, -0.15) is 0 Å². The number of hydrogen-bond acceptors (Lipinski definition) is 1. The monoisotopic (exact) mass is 499 g/mol. The SMILES string of the molecule is CC(C)C1=CC2c3cc(C(C)C)ccc3N(c3cc(Br)cc(Br)c3)C2(C)C=C1. The molecule has 0 saturated carbocycles. The molecular weight excluding hydrogens is 474 g/mol. The van der Waals surface area contributed by atoms with Gasteiger partial charge in [0.2, 0.25) is 0 Å². The van der Waals surface area contributed by atoms with Crippen LogP contribution in [0.15, 0.2) is 69.1 Å². The van der Waals surface area contributed by atoms with Gasteiger partial charge in [0.05, 0.1) is 5.54 Å². The molecule has 0 aromatic heterocycles. The minimum absolute atomic E-state index is 0.115. The van der Waals surface area contributed by atoms with Crippen LogP contribution in [-0.2, 0) is 0 Å². The minimum Gasteiger partial charge on any atom is -0.331 e. The summed E-state index contributed by atoms with van der Waals surface area (Å²) in [4.78, 5) is 2.51. The molecule has 4 rings (SSSR count). The molecule has 2 aliphatic rings. The normalized spacial score (nSPS) is 23.2. The largest absolute Gasteiger partial charge is 0.331 e. The first-order chi connectivity index (χ1) is 13.2. The summed E-state index contributed by atoms with van der Waals surface area (Å²) in [5.74, 6) is 1.41. The number of nitrogens with zero attached hydrogens (tertiary/aromatic N) is 1. The van der Waals surface area contributed by atoms with Crippen molar-refractivity contribution in [3.8, 4) is 0 Å². The minimum atomic E-state index is -0.115. The van der Waals surface area contributed by atoms with E-state index in [4.69, 9.17) is 0 Å². The summed E-state index contributed by atoms with van der Waals surface area (Å²) in [6, 6.07) is 13.6. The fourth-order valence-corrected chi connectivity index (χ4v) is 5.79. The molecule has 0 amide bonds. The molecule has 2 aromatic carbocycles. The zero-order valence-electron chi connectivity index (χ0n) is 17.1. The molecule has 0 radical (unpaired) electrons. The molecule has 2 unspecified atom stereocenters. The van der Waals surface area contributed by atoms with Gasteiger partial charge in [-0.1, -0.05) is 89.9 Å². The number of hydrogen-bond donors (Lipinski definition) is 0. The Kier molecular flexibility index (Phi) is 5.12. The number of rotatable bonds is 3. The lowest BCUT2D eigenvalue weighted by molar-refractivity contribution is 0.532. The standard InChI is InChI=1S/C25H27Br2N/c1-15(2)17-6-7-24-22(10-17)23-11-18(16(3)4)8-9-25(23,5)28(24)21-13-19(26)12-20(27)14-21/h6-16,23H,1-5H3. The highest BCUT2D eigenvalue weighted by Crippen LogP contribution is 2.55. The van der Waals surface area contributed by atoms with Gasteiger partial charge in [-0.05, 0) is 59.7 Å². The Balaban J connectivity index is 1.95. The summed E-state index contributed by atoms with van der Waals surface area (Å²) in [7, 11) is 0. The zero-order chi connectivity index (χ0) is 20.2. The van der Waals surface area contributed by atoms with Crippen LogP contribution in [0.3, 0.4) is 0 Å². The van der Waals surface area contributed by atoms with Gasteiger partial charge in [-0.3, -0.25) is 0 Å². The Morgan fingerprint density at radius 1 is 0.929 bits per heavy atom. The van der Waals surface area contributed by atoms with Crippen molar-refractivity contribution in [3.05, 3.63) is 80.3 Å². The van der Waals surface area contributed by atoms with Crippen molar-refractivity contribution in [2.24, 2.45) is 5.92 Å². The van der Waals surface area contributed by atoms with Crippen molar-refractivity contribution in [3.63, 3.8) is 0 Å². The Hall–Kier alpha value is -1.32. The lowest BCUT2D eigenvalue weighted by atomic mass is 9.76. The summed E-state index contributed by atoms with van der Waals surface area (Å²) in [5, 5.41) is 0. The van der Waals surface area contributed by atoms with Crippen LogP contribution in [0.5, 0.6) is 0 Å². The van der Waals surface area contributed by atoms with E-state index in [1.165, 1.54) is 28.1 Å². The summed E-state index contributed by atoms with van der Waals surface area (Å²) in [6.07, 6.45) is 7.24. The number of benzene rings is 2. The van der Waals surface area contributed by atoms with Crippen molar-refractivity contribution in [2.75, 3.05) is 4.90 Å². The first kappa shape index (κ1) is 20.0. The van der Waals surface area contributed by atoms with Gasteiger partial charge in [0, 0.05) is 26.2 Å². The van der Waals surface area contributed by atoms with Gasteiger partial charge in [0.15, 0.2) is 0 Å². The summed E-state index contributed by atoms with van der Waals surface area (Å²) in [6.45, 7) is 11.5. The maximum atomic E-state index is 3.68. The highest BCUT2D eigenvalue weighted by Gasteiger charge is 2.48. The summed E-state index contributed by atoms with van der Waals surface area (Å²) < 4.78 is 2.17. The number of fused-ring (bicyclic) bond motifs is 3. The van der Waals surface area contributed by atoms with Crippen LogP contribution in [0.4, 0.5) is 11.4 Å². The van der Waals surface area contributed by atoms with Gasteiger partial charge in [0.25, 0.3) is 0 Å². The van der Waals surface area contributed by atoms with E-state index in [1.54, 1.807) is 0 Å². The molecule has 2 atom stereocenters. The average molecular weight is 501 g/mol. The van der Waals surface area contributed by atoms with E-state index < -0.39 is 0 Å². The van der Waals surface area contributed by atoms with Crippen LogP contribution >= 0.6 is 31.9 Å². The molecule has 1 aliphatic heterocycles. The van der Waals surface area contributed by atoms with Crippen molar-refractivity contribution in [1.29, 1.82) is 0 Å². The van der Waals surface area contributed by atoms with E-state index in [1.807, 2.05) is 0 Å². The van der Waals surface area contributed by atoms with E-state index >= 15 is 0 Å². The quantitative estimate of drug-likeness (QED) is 0.408. The molecule has 0 spiro atoms. The predicted molar refractivity (Wildman–Crippen MR) is 128 cm³/mol. The van der Waals surface area contributed by atoms with Crippen LogP contribution < -0.4 is 4.90 Å². The van der Waals surface area contributed by atoms with Gasteiger partial charge < -0.3 is 4.90 Å². The van der Waals surface area contributed by atoms with Crippen LogP contribution in [0.1, 0.15) is 57.6 Å². The van der Waals surface area contributed by atoms with E-state index in [0.29, 0.717) is 17.8 Å². The van der Waals surface area contributed by atoms with Crippen LogP contribution in [0.25, 0.3) is 0 Å². The topological polar surface area (TPSA) is 3.24 Å². The van der Waals surface area contributed by atoms with Gasteiger partial charge in [-0.25, -0.2) is 0 Å². The third kappa shape index (κ3) is 3.21. The van der Waals surface area contributed by atoms with Crippen LogP contribution in [0.2, 0.25) is 0 Å². The Morgan fingerprint density at radius 3 is 2.21 bits per heavy atom. The van der Waals surface area contributed by atoms with Gasteiger partial charge in [-0.15, -0.1) is 0 Å². The molecular formula is C25H27Br2N. The van der Waals surface area contributed by atoms with Crippen molar-refractivity contribution in [2.45, 2.75) is 52.0 Å². The van der Waals surface area contributed by atoms with Gasteiger partial charge in [0.1, 0.15) is 0 Å². The van der Waals surface area contributed by atoms with E-state index in [-0.39, 0.29) is 5.54 Å². The molecule has 0 bridgehead atoms. The van der Waals surface area contributed by atoms with Crippen molar-refractivity contribution in [1.82, 2.24) is 0 Å². The molecule has 28 heavy (non-hydrogen) atoms. The Bertz CT molecular complexity index is 966. The number of allylic oxidation sites excluding steroid dienone is 2. The molecule has 146 valence electrons.